The largest absolute Gasteiger partial charge is 0.483 e. The van der Waals surface area contributed by atoms with E-state index in [4.69, 9.17) is 21.1 Å². The van der Waals surface area contributed by atoms with Gasteiger partial charge in [-0.1, -0.05) is 11.6 Å². The average molecular weight is 402 g/mol. The molecule has 0 aliphatic carbocycles. The highest BCUT2D eigenvalue weighted by Gasteiger charge is 2.36. The molecule has 1 amide bonds. The Morgan fingerprint density at radius 1 is 1.38 bits per heavy atom. The molecule has 0 radical (unpaired) electrons. The van der Waals surface area contributed by atoms with E-state index in [0.29, 0.717) is 30.3 Å². The van der Waals surface area contributed by atoms with E-state index in [0.717, 1.165) is 18.4 Å². The molecular formula is C18H24ClNO5S. The third-order valence-corrected chi connectivity index (χ3v) is 6.87. The summed E-state index contributed by atoms with van der Waals surface area (Å²) in [6, 6.07) is 4.92. The molecule has 6 nitrogen and oxygen atoms in total. The second kappa shape index (κ2) is 8.15. The lowest BCUT2D eigenvalue weighted by Gasteiger charge is -2.30. The number of nitrogens with zero attached hydrogens (tertiary/aromatic N) is 1. The van der Waals surface area contributed by atoms with Crippen LogP contribution in [0.25, 0.3) is 0 Å². The minimum Gasteiger partial charge on any atom is -0.483 e. The zero-order valence-electron chi connectivity index (χ0n) is 14.8. The highest BCUT2D eigenvalue weighted by molar-refractivity contribution is 7.91. The number of halogens is 1. The SMILES string of the molecule is Cc1cc(Cl)ccc1OCC(=O)N(CC1CCCO1)C1CCS(=O)(=O)C1. The second-order valence-electron chi connectivity index (χ2n) is 6.94. The highest BCUT2D eigenvalue weighted by atomic mass is 35.5. The minimum absolute atomic E-state index is 0.0193. The number of rotatable bonds is 6. The number of ether oxygens (including phenoxy) is 2. The molecule has 0 N–H and O–H groups in total. The molecule has 2 heterocycles. The molecule has 144 valence electrons. The number of carbonyl (C=O) groups is 1. The van der Waals surface area contributed by atoms with E-state index in [-0.39, 0.29) is 36.2 Å². The normalized spacial score (nSPS) is 24.5. The van der Waals surface area contributed by atoms with Crippen molar-refractivity contribution in [1.82, 2.24) is 4.90 Å². The van der Waals surface area contributed by atoms with E-state index in [1.165, 1.54) is 0 Å². The third-order valence-electron chi connectivity index (χ3n) is 4.88. The molecule has 8 heteroatoms. The van der Waals surface area contributed by atoms with Crippen molar-refractivity contribution in [3.8, 4) is 5.75 Å². The Kier molecular flexibility index (Phi) is 6.10. The first-order chi connectivity index (χ1) is 12.3. The van der Waals surface area contributed by atoms with Gasteiger partial charge in [0.15, 0.2) is 16.4 Å². The molecule has 1 aromatic rings. The minimum atomic E-state index is -3.08. The Morgan fingerprint density at radius 2 is 2.19 bits per heavy atom. The number of sulfone groups is 1. The van der Waals surface area contributed by atoms with E-state index in [2.05, 4.69) is 0 Å². The van der Waals surface area contributed by atoms with Crippen molar-refractivity contribution in [1.29, 1.82) is 0 Å². The van der Waals surface area contributed by atoms with Crippen molar-refractivity contribution in [3.05, 3.63) is 28.8 Å². The zero-order valence-corrected chi connectivity index (χ0v) is 16.4. The van der Waals surface area contributed by atoms with E-state index >= 15 is 0 Å². The Morgan fingerprint density at radius 3 is 2.81 bits per heavy atom. The molecule has 2 saturated heterocycles. The van der Waals surface area contributed by atoms with E-state index in [9.17, 15) is 13.2 Å². The topological polar surface area (TPSA) is 72.9 Å². The molecule has 0 saturated carbocycles. The molecule has 0 aromatic heterocycles. The first-order valence-corrected chi connectivity index (χ1v) is 11.0. The maximum Gasteiger partial charge on any atom is 0.260 e. The summed E-state index contributed by atoms with van der Waals surface area (Å²) in [5.41, 5.74) is 0.847. The number of benzene rings is 1. The molecule has 2 unspecified atom stereocenters. The molecule has 3 rings (SSSR count). The van der Waals surface area contributed by atoms with Crippen LogP contribution in [0.15, 0.2) is 18.2 Å². The number of hydrogen-bond acceptors (Lipinski definition) is 5. The van der Waals surface area contributed by atoms with Crippen molar-refractivity contribution in [2.24, 2.45) is 0 Å². The molecule has 1 aromatic carbocycles. The maximum absolute atomic E-state index is 12.8. The first-order valence-electron chi connectivity index (χ1n) is 8.84. The summed E-state index contributed by atoms with van der Waals surface area (Å²) < 4.78 is 35.0. The average Bonchev–Trinajstić information content (AvgIpc) is 3.20. The molecule has 0 bridgehead atoms. The summed E-state index contributed by atoms with van der Waals surface area (Å²) in [6.07, 6.45) is 2.30. The fourth-order valence-corrected chi connectivity index (χ4v) is 5.44. The van der Waals surface area contributed by atoms with Crippen molar-refractivity contribution >= 4 is 27.3 Å². The monoisotopic (exact) mass is 401 g/mol. The molecule has 2 aliphatic heterocycles. The van der Waals surface area contributed by atoms with Gasteiger partial charge >= 0.3 is 0 Å². The summed E-state index contributed by atoms with van der Waals surface area (Å²) in [6.45, 7) is 2.84. The van der Waals surface area contributed by atoms with Gasteiger partial charge in [-0.25, -0.2) is 8.42 Å². The van der Waals surface area contributed by atoms with Crippen LogP contribution in [-0.2, 0) is 19.4 Å². The first kappa shape index (κ1) is 19.5. The predicted octanol–water partition coefficient (Wildman–Crippen LogP) is 2.22. The number of amides is 1. The van der Waals surface area contributed by atoms with Crippen LogP contribution in [0, 0.1) is 6.92 Å². The lowest BCUT2D eigenvalue weighted by atomic mass is 10.1. The van der Waals surface area contributed by atoms with Gasteiger partial charge in [-0.05, 0) is 49.9 Å². The van der Waals surface area contributed by atoms with Crippen LogP contribution in [-0.4, -0.2) is 62.6 Å². The van der Waals surface area contributed by atoms with E-state index < -0.39 is 9.84 Å². The van der Waals surface area contributed by atoms with Gasteiger partial charge in [-0.3, -0.25) is 4.79 Å². The van der Waals surface area contributed by atoms with Crippen LogP contribution in [0.2, 0.25) is 5.02 Å². The smallest absolute Gasteiger partial charge is 0.260 e. The Hall–Kier alpha value is -1.31. The van der Waals surface area contributed by atoms with Gasteiger partial charge in [0.05, 0.1) is 17.6 Å². The second-order valence-corrected chi connectivity index (χ2v) is 9.60. The van der Waals surface area contributed by atoms with Crippen LogP contribution >= 0.6 is 11.6 Å². The van der Waals surface area contributed by atoms with Crippen molar-refractivity contribution < 1.29 is 22.7 Å². The van der Waals surface area contributed by atoms with E-state index in [1.807, 2.05) is 6.92 Å². The molecule has 2 atom stereocenters. The number of carbonyl (C=O) groups excluding carboxylic acids is 1. The number of aryl methyl sites for hydroxylation is 1. The van der Waals surface area contributed by atoms with Crippen molar-refractivity contribution in [2.75, 3.05) is 31.3 Å². The fraction of sp³-hybridized carbons (Fsp3) is 0.611. The third kappa shape index (κ3) is 4.90. The van der Waals surface area contributed by atoms with Crippen LogP contribution < -0.4 is 4.74 Å². The summed E-state index contributed by atoms with van der Waals surface area (Å²) >= 11 is 5.94. The number of hydrogen-bond donors (Lipinski definition) is 0. The van der Waals surface area contributed by atoms with Crippen molar-refractivity contribution in [3.63, 3.8) is 0 Å². The van der Waals surface area contributed by atoms with Gasteiger partial charge in [0.1, 0.15) is 5.75 Å². The standard InChI is InChI=1S/C18H24ClNO5S/c1-13-9-14(19)4-5-17(13)25-11-18(21)20(10-16-3-2-7-24-16)15-6-8-26(22,23)12-15/h4-5,9,15-16H,2-3,6-8,10-12H2,1H3. The van der Waals surface area contributed by atoms with Gasteiger partial charge in [-0.2, -0.15) is 0 Å². The molecular weight excluding hydrogens is 378 g/mol. The zero-order chi connectivity index (χ0) is 18.7. The summed E-state index contributed by atoms with van der Waals surface area (Å²) in [5, 5.41) is 0.609. The summed E-state index contributed by atoms with van der Waals surface area (Å²) in [4.78, 5) is 14.4. The van der Waals surface area contributed by atoms with Gasteiger partial charge < -0.3 is 14.4 Å². The predicted molar refractivity (Wildman–Crippen MR) is 99.4 cm³/mol. The van der Waals surface area contributed by atoms with Crippen LogP contribution in [0.4, 0.5) is 0 Å². The van der Waals surface area contributed by atoms with Gasteiger partial charge in [0, 0.05) is 24.2 Å². The molecule has 2 aliphatic rings. The lowest BCUT2D eigenvalue weighted by Crippen LogP contribution is -2.47. The Bertz CT molecular complexity index is 761. The fourth-order valence-electron chi connectivity index (χ4n) is 3.48. The summed E-state index contributed by atoms with van der Waals surface area (Å²) in [5.74, 6) is 0.533. The summed E-state index contributed by atoms with van der Waals surface area (Å²) in [7, 11) is -3.08. The lowest BCUT2D eigenvalue weighted by molar-refractivity contribution is -0.137. The molecule has 0 spiro atoms. The maximum atomic E-state index is 12.8. The van der Waals surface area contributed by atoms with Gasteiger partial charge in [0.2, 0.25) is 0 Å². The van der Waals surface area contributed by atoms with Crippen molar-refractivity contribution in [2.45, 2.75) is 38.3 Å². The van der Waals surface area contributed by atoms with Gasteiger partial charge in [0.25, 0.3) is 5.91 Å². The quantitative estimate of drug-likeness (QED) is 0.730. The molecule has 2 fully saturated rings. The van der Waals surface area contributed by atoms with E-state index in [1.54, 1.807) is 23.1 Å². The Balaban J connectivity index is 1.67. The van der Waals surface area contributed by atoms with Crippen LogP contribution in [0.5, 0.6) is 5.75 Å². The molecule has 26 heavy (non-hydrogen) atoms. The van der Waals surface area contributed by atoms with Crippen LogP contribution in [0.1, 0.15) is 24.8 Å². The van der Waals surface area contributed by atoms with Gasteiger partial charge in [-0.15, -0.1) is 0 Å². The Labute approximate surface area is 159 Å². The highest BCUT2D eigenvalue weighted by Crippen LogP contribution is 2.24. The van der Waals surface area contributed by atoms with Crippen LogP contribution in [0.3, 0.4) is 0 Å².